The van der Waals surface area contributed by atoms with E-state index >= 15 is 0 Å². The van der Waals surface area contributed by atoms with Crippen LogP contribution in [0.15, 0.2) is 42.7 Å². The van der Waals surface area contributed by atoms with Gasteiger partial charge >= 0.3 is 6.18 Å². The lowest BCUT2D eigenvalue weighted by atomic mass is 9.95. The molecule has 1 saturated heterocycles. The minimum Gasteiger partial charge on any atom is -0.483 e. The number of amides is 1. The van der Waals surface area contributed by atoms with E-state index in [1.165, 1.54) is 12.3 Å². The number of nitrogens with one attached hydrogen (secondary N) is 1. The Morgan fingerprint density at radius 3 is 2.81 bits per heavy atom. The van der Waals surface area contributed by atoms with Crippen LogP contribution in [0.5, 0.6) is 5.75 Å². The number of para-hydroxylation sites is 1. The molecular weight excluding hydrogens is 447 g/mol. The van der Waals surface area contributed by atoms with Crippen molar-refractivity contribution in [2.24, 2.45) is 0 Å². The van der Waals surface area contributed by atoms with E-state index in [9.17, 15) is 18.0 Å². The molecule has 4 rings (SSSR count). The summed E-state index contributed by atoms with van der Waals surface area (Å²) in [6, 6.07) is 7.89. The normalized spacial score (nSPS) is 19.2. The predicted molar refractivity (Wildman–Crippen MR) is 113 cm³/mol. The maximum atomic E-state index is 12.9. The van der Waals surface area contributed by atoms with Gasteiger partial charge in [-0.15, -0.1) is 0 Å². The molecule has 0 radical (unpaired) electrons. The van der Waals surface area contributed by atoms with Crippen molar-refractivity contribution in [2.75, 3.05) is 19.8 Å². The summed E-state index contributed by atoms with van der Waals surface area (Å²) in [5, 5.41) is 3.30. The first-order valence-electron chi connectivity index (χ1n) is 10.0. The zero-order valence-electron chi connectivity index (χ0n) is 17.2. The van der Waals surface area contributed by atoms with Gasteiger partial charge in [-0.05, 0) is 31.9 Å². The summed E-state index contributed by atoms with van der Waals surface area (Å²) in [6.07, 6.45) is 0.263. The van der Waals surface area contributed by atoms with Gasteiger partial charge in [-0.1, -0.05) is 29.8 Å². The molecule has 1 amide bonds. The fourth-order valence-corrected chi connectivity index (χ4v) is 3.93. The van der Waals surface area contributed by atoms with Crippen molar-refractivity contribution in [3.8, 4) is 16.9 Å². The van der Waals surface area contributed by atoms with Gasteiger partial charge < -0.3 is 19.2 Å². The first kappa shape index (κ1) is 22.4. The first-order chi connectivity index (χ1) is 15.1. The molecular formula is C22H21ClF3N3O3. The average Bonchev–Trinajstić information content (AvgIpc) is 3.16. The molecule has 0 spiro atoms. The van der Waals surface area contributed by atoms with Crippen LogP contribution in [-0.2, 0) is 4.74 Å². The number of halogens is 4. The summed E-state index contributed by atoms with van der Waals surface area (Å²) >= 11 is 6.26. The molecule has 6 nitrogen and oxygen atoms in total. The van der Waals surface area contributed by atoms with E-state index in [2.05, 4.69) is 10.3 Å². The second-order valence-corrected chi connectivity index (χ2v) is 8.44. The number of pyridine rings is 1. The zero-order chi connectivity index (χ0) is 22.9. The first-order valence-corrected chi connectivity index (χ1v) is 10.4. The Kier molecular flexibility index (Phi) is 6.05. The van der Waals surface area contributed by atoms with E-state index < -0.39 is 18.3 Å². The van der Waals surface area contributed by atoms with Crippen LogP contribution in [0.4, 0.5) is 13.2 Å². The van der Waals surface area contributed by atoms with Crippen LogP contribution in [-0.4, -0.2) is 46.8 Å². The minimum atomic E-state index is -4.48. The molecule has 0 unspecified atom stereocenters. The summed E-state index contributed by atoms with van der Waals surface area (Å²) in [5.74, 6) is -0.333. The van der Waals surface area contributed by atoms with Crippen molar-refractivity contribution in [1.29, 1.82) is 0 Å². The van der Waals surface area contributed by atoms with E-state index in [0.29, 0.717) is 35.0 Å². The number of hydrogen-bond acceptors (Lipinski definition) is 4. The summed E-state index contributed by atoms with van der Waals surface area (Å²) in [7, 11) is 0. The molecule has 0 bridgehead atoms. The van der Waals surface area contributed by atoms with Crippen molar-refractivity contribution >= 4 is 23.2 Å². The maximum Gasteiger partial charge on any atom is 0.422 e. The molecule has 1 aliphatic heterocycles. The van der Waals surface area contributed by atoms with Crippen LogP contribution in [0.1, 0.15) is 30.3 Å². The highest BCUT2D eigenvalue weighted by Gasteiger charge is 2.31. The van der Waals surface area contributed by atoms with Crippen LogP contribution >= 0.6 is 11.6 Å². The van der Waals surface area contributed by atoms with Crippen molar-refractivity contribution in [2.45, 2.75) is 31.5 Å². The van der Waals surface area contributed by atoms with Crippen LogP contribution in [0.25, 0.3) is 16.8 Å². The topological polar surface area (TPSA) is 64.9 Å². The van der Waals surface area contributed by atoms with Crippen LogP contribution in [0.2, 0.25) is 5.02 Å². The third-order valence-corrected chi connectivity index (χ3v) is 5.38. The van der Waals surface area contributed by atoms with Gasteiger partial charge in [0, 0.05) is 30.1 Å². The van der Waals surface area contributed by atoms with Gasteiger partial charge in [0.1, 0.15) is 17.1 Å². The molecule has 10 heteroatoms. The smallest absolute Gasteiger partial charge is 0.422 e. The van der Waals surface area contributed by atoms with Gasteiger partial charge in [-0.25, -0.2) is 4.98 Å². The molecule has 2 aromatic heterocycles. The van der Waals surface area contributed by atoms with E-state index in [0.717, 1.165) is 12.8 Å². The van der Waals surface area contributed by atoms with Crippen molar-refractivity contribution in [3.63, 3.8) is 0 Å². The Hall–Kier alpha value is -2.78. The van der Waals surface area contributed by atoms with Crippen molar-refractivity contribution in [3.05, 3.63) is 53.4 Å². The standard InChI is InChI=1S/C22H21ClF3N3O3/c1-21(7-4-8-31-12-21)28-20(30)17-11-29-10-14(23)9-16(19(29)27-17)15-5-2-3-6-18(15)32-13-22(24,25)26/h2-3,5-6,9-11H,4,7-8,12-13H2,1H3,(H,28,30)/t21-/m1/s1. The number of carbonyl (C=O) groups is 1. The number of alkyl halides is 3. The summed E-state index contributed by atoms with van der Waals surface area (Å²) in [4.78, 5) is 17.3. The number of nitrogens with zero attached hydrogens (tertiary/aromatic N) is 2. The molecule has 3 aromatic rings. The number of fused-ring (bicyclic) bond motifs is 1. The minimum absolute atomic E-state index is 0.0369. The number of carbonyl (C=O) groups excluding carboxylic acids is 1. The lowest BCUT2D eigenvalue weighted by molar-refractivity contribution is -0.153. The summed E-state index contributed by atoms with van der Waals surface area (Å²) in [5.41, 5.74) is 0.863. The van der Waals surface area contributed by atoms with E-state index in [4.69, 9.17) is 21.1 Å². The van der Waals surface area contributed by atoms with Crippen molar-refractivity contribution < 1.29 is 27.4 Å². The monoisotopic (exact) mass is 467 g/mol. The zero-order valence-corrected chi connectivity index (χ0v) is 18.0. The largest absolute Gasteiger partial charge is 0.483 e. The van der Waals surface area contributed by atoms with Crippen LogP contribution < -0.4 is 10.1 Å². The third-order valence-electron chi connectivity index (χ3n) is 5.17. The SMILES string of the molecule is C[C@@]1(NC(=O)c2cn3cc(Cl)cc(-c4ccccc4OCC(F)(F)F)c3n2)CCCOC1. The Morgan fingerprint density at radius 1 is 1.31 bits per heavy atom. The second-order valence-electron chi connectivity index (χ2n) is 8.00. The Labute approximate surface area is 187 Å². The third kappa shape index (κ3) is 4.99. The molecule has 1 aromatic carbocycles. The number of imidazole rings is 1. The fraction of sp³-hybridized carbons (Fsp3) is 0.364. The number of rotatable bonds is 5. The molecule has 1 atom stereocenters. The molecule has 1 fully saturated rings. The number of ether oxygens (including phenoxy) is 2. The van der Waals surface area contributed by atoms with Crippen LogP contribution in [0.3, 0.4) is 0 Å². The molecule has 1 N–H and O–H groups in total. The van der Waals surface area contributed by atoms with Gasteiger partial charge in [0.05, 0.1) is 17.2 Å². The Morgan fingerprint density at radius 2 is 2.09 bits per heavy atom. The van der Waals surface area contributed by atoms with Gasteiger partial charge in [-0.3, -0.25) is 4.79 Å². The van der Waals surface area contributed by atoms with E-state index in [1.54, 1.807) is 34.9 Å². The van der Waals surface area contributed by atoms with E-state index in [-0.39, 0.29) is 17.4 Å². The van der Waals surface area contributed by atoms with Gasteiger partial charge in [-0.2, -0.15) is 13.2 Å². The highest BCUT2D eigenvalue weighted by atomic mass is 35.5. The van der Waals surface area contributed by atoms with Gasteiger partial charge in [0.15, 0.2) is 6.61 Å². The molecule has 3 heterocycles. The van der Waals surface area contributed by atoms with Crippen LogP contribution in [0, 0.1) is 0 Å². The second kappa shape index (κ2) is 8.63. The summed E-state index contributed by atoms with van der Waals surface area (Å²) in [6.45, 7) is 1.56. The maximum absolute atomic E-state index is 12.9. The lowest BCUT2D eigenvalue weighted by Gasteiger charge is -2.33. The average molecular weight is 468 g/mol. The molecule has 0 saturated carbocycles. The number of hydrogen-bond donors (Lipinski definition) is 1. The predicted octanol–water partition coefficient (Wildman–Crippen LogP) is 4.89. The Balaban J connectivity index is 1.70. The summed E-state index contributed by atoms with van der Waals surface area (Å²) < 4.78 is 50.1. The Bertz CT molecular complexity index is 1140. The highest BCUT2D eigenvalue weighted by molar-refractivity contribution is 6.31. The van der Waals surface area contributed by atoms with E-state index in [1.807, 2.05) is 6.92 Å². The number of benzene rings is 1. The van der Waals surface area contributed by atoms with Gasteiger partial charge in [0.2, 0.25) is 0 Å². The molecule has 1 aliphatic rings. The molecule has 0 aliphatic carbocycles. The highest BCUT2D eigenvalue weighted by Crippen LogP contribution is 2.35. The molecule has 170 valence electrons. The lowest BCUT2D eigenvalue weighted by Crippen LogP contribution is -2.51. The quantitative estimate of drug-likeness (QED) is 0.580. The number of aromatic nitrogens is 2. The van der Waals surface area contributed by atoms with Gasteiger partial charge in [0.25, 0.3) is 5.91 Å². The van der Waals surface area contributed by atoms with Crippen molar-refractivity contribution in [1.82, 2.24) is 14.7 Å². The fourth-order valence-electron chi connectivity index (χ4n) is 3.72. The molecule has 32 heavy (non-hydrogen) atoms.